The smallest absolute Gasteiger partial charge is 0.147 e. The molecule has 2 rings (SSSR count). The second-order valence-electron chi connectivity index (χ2n) is 5.08. The summed E-state index contributed by atoms with van der Waals surface area (Å²) < 4.78 is 13.8. The van der Waals surface area contributed by atoms with Crippen molar-refractivity contribution in [2.75, 3.05) is 19.6 Å². The molecule has 1 atom stereocenters. The van der Waals surface area contributed by atoms with Crippen LogP contribution in [-0.2, 0) is 5.60 Å². The molecule has 1 fully saturated rings. The Morgan fingerprint density at radius 2 is 2.28 bits per heavy atom. The molecule has 1 aliphatic rings. The zero-order valence-corrected chi connectivity index (χ0v) is 10.9. The highest BCUT2D eigenvalue weighted by Crippen LogP contribution is 2.33. The molecular formula is C14H21FN2O. The third-order valence-electron chi connectivity index (χ3n) is 3.72. The summed E-state index contributed by atoms with van der Waals surface area (Å²) in [6.45, 7) is 5.02. The molecule has 18 heavy (non-hydrogen) atoms. The number of halogens is 1. The standard InChI is InChI=1S/C14H21FN2O/c1-2-8-17-9-3-5-14(18,6-10-17)12-4-7-16-11-13(12)15/h4,7,11,18H,2-3,5-6,8-10H2,1H3. The maximum Gasteiger partial charge on any atom is 0.147 e. The maximum absolute atomic E-state index is 13.8. The highest BCUT2D eigenvalue weighted by atomic mass is 19.1. The van der Waals surface area contributed by atoms with Gasteiger partial charge in [-0.2, -0.15) is 0 Å². The number of hydrogen-bond acceptors (Lipinski definition) is 3. The van der Waals surface area contributed by atoms with Crippen LogP contribution in [0.3, 0.4) is 0 Å². The Morgan fingerprint density at radius 1 is 1.44 bits per heavy atom. The first kappa shape index (κ1) is 13.4. The third kappa shape index (κ3) is 2.87. The van der Waals surface area contributed by atoms with Crippen LogP contribution in [0, 0.1) is 5.82 Å². The van der Waals surface area contributed by atoms with Gasteiger partial charge in [0.05, 0.1) is 11.8 Å². The highest BCUT2D eigenvalue weighted by Gasteiger charge is 2.33. The summed E-state index contributed by atoms with van der Waals surface area (Å²) in [6, 6.07) is 1.60. The average molecular weight is 252 g/mol. The lowest BCUT2D eigenvalue weighted by Crippen LogP contribution is -2.30. The molecule has 1 aromatic heterocycles. The predicted molar refractivity (Wildman–Crippen MR) is 68.7 cm³/mol. The topological polar surface area (TPSA) is 36.4 Å². The van der Waals surface area contributed by atoms with Crippen LogP contribution in [0.25, 0.3) is 0 Å². The maximum atomic E-state index is 13.8. The summed E-state index contributed by atoms with van der Waals surface area (Å²) in [7, 11) is 0. The lowest BCUT2D eigenvalue weighted by atomic mass is 9.87. The van der Waals surface area contributed by atoms with Crippen LogP contribution < -0.4 is 0 Å². The quantitative estimate of drug-likeness (QED) is 0.896. The van der Waals surface area contributed by atoms with E-state index in [4.69, 9.17) is 0 Å². The zero-order valence-electron chi connectivity index (χ0n) is 10.9. The normalized spacial score (nSPS) is 25.9. The molecule has 1 unspecified atom stereocenters. The minimum atomic E-state index is -1.03. The number of aromatic nitrogens is 1. The van der Waals surface area contributed by atoms with Crippen molar-refractivity contribution in [2.45, 2.75) is 38.2 Å². The van der Waals surface area contributed by atoms with Crippen molar-refractivity contribution < 1.29 is 9.50 Å². The number of rotatable bonds is 3. The molecule has 0 spiro atoms. The van der Waals surface area contributed by atoms with Gasteiger partial charge in [0, 0.05) is 18.3 Å². The average Bonchev–Trinajstić information content (AvgIpc) is 2.54. The molecule has 0 bridgehead atoms. The van der Waals surface area contributed by atoms with Gasteiger partial charge in [0.15, 0.2) is 0 Å². The molecule has 100 valence electrons. The minimum absolute atomic E-state index is 0.399. The van der Waals surface area contributed by atoms with Gasteiger partial charge in [-0.25, -0.2) is 4.39 Å². The lowest BCUT2D eigenvalue weighted by molar-refractivity contribution is 0.0177. The molecule has 2 heterocycles. The van der Waals surface area contributed by atoms with Gasteiger partial charge in [-0.15, -0.1) is 0 Å². The first-order valence-electron chi connectivity index (χ1n) is 6.70. The van der Waals surface area contributed by atoms with E-state index >= 15 is 0 Å². The van der Waals surface area contributed by atoms with Crippen LogP contribution in [0.4, 0.5) is 4.39 Å². The van der Waals surface area contributed by atoms with Crippen LogP contribution in [0.5, 0.6) is 0 Å². The summed E-state index contributed by atoms with van der Waals surface area (Å²) in [5.41, 5.74) is -0.633. The van der Waals surface area contributed by atoms with Gasteiger partial charge in [-0.05, 0) is 44.8 Å². The van der Waals surface area contributed by atoms with Crippen molar-refractivity contribution in [1.82, 2.24) is 9.88 Å². The van der Waals surface area contributed by atoms with Crippen LogP contribution in [0.2, 0.25) is 0 Å². The molecule has 1 aliphatic heterocycles. The van der Waals surface area contributed by atoms with Crippen molar-refractivity contribution in [3.8, 4) is 0 Å². The molecule has 0 amide bonds. The van der Waals surface area contributed by atoms with Crippen molar-refractivity contribution >= 4 is 0 Å². The second-order valence-corrected chi connectivity index (χ2v) is 5.08. The second kappa shape index (κ2) is 5.76. The van der Waals surface area contributed by atoms with Crippen molar-refractivity contribution in [1.29, 1.82) is 0 Å². The van der Waals surface area contributed by atoms with Crippen molar-refractivity contribution in [2.24, 2.45) is 0 Å². The number of likely N-dealkylation sites (tertiary alicyclic amines) is 1. The van der Waals surface area contributed by atoms with E-state index in [1.165, 1.54) is 6.20 Å². The van der Waals surface area contributed by atoms with Crippen LogP contribution in [0.15, 0.2) is 18.5 Å². The molecule has 0 saturated carbocycles. The summed E-state index contributed by atoms with van der Waals surface area (Å²) in [4.78, 5) is 6.09. The van der Waals surface area contributed by atoms with Gasteiger partial charge in [-0.3, -0.25) is 4.98 Å². The molecule has 0 aromatic carbocycles. The SMILES string of the molecule is CCCN1CCCC(O)(c2ccncc2F)CC1. The van der Waals surface area contributed by atoms with Crippen LogP contribution in [-0.4, -0.2) is 34.6 Å². The molecule has 1 saturated heterocycles. The molecule has 0 aliphatic carbocycles. The van der Waals surface area contributed by atoms with Gasteiger partial charge >= 0.3 is 0 Å². The van der Waals surface area contributed by atoms with Gasteiger partial charge in [0.25, 0.3) is 0 Å². The van der Waals surface area contributed by atoms with E-state index < -0.39 is 11.4 Å². The first-order chi connectivity index (χ1) is 8.65. The number of hydrogen-bond donors (Lipinski definition) is 1. The van der Waals surface area contributed by atoms with E-state index in [9.17, 15) is 9.50 Å². The lowest BCUT2D eigenvalue weighted by Gasteiger charge is -2.27. The highest BCUT2D eigenvalue weighted by molar-refractivity contribution is 5.21. The Bertz CT molecular complexity index is 399. The summed E-state index contributed by atoms with van der Waals surface area (Å²) in [5.74, 6) is -0.399. The predicted octanol–water partition coefficient (Wildman–Crippen LogP) is 2.30. The summed E-state index contributed by atoms with van der Waals surface area (Å²) in [6.07, 6.45) is 5.95. The fourth-order valence-electron chi connectivity index (χ4n) is 2.74. The van der Waals surface area contributed by atoms with E-state index in [1.54, 1.807) is 12.3 Å². The molecule has 3 nitrogen and oxygen atoms in total. The Labute approximate surface area is 108 Å². The molecule has 1 N–H and O–H groups in total. The number of nitrogens with zero attached hydrogens (tertiary/aromatic N) is 2. The fourth-order valence-corrected chi connectivity index (χ4v) is 2.74. The minimum Gasteiger partial charge on any atom is -0.385 e. The Morgan fingerprint density at radius 3 is 3.00 bits per heavy atom. The van der Waals surface area contributed by atoms with Gasteiger partial charge in [0.2, 0.25) is 0 Å². The molecule has 0 radical (unpaired) electrons. The zero-order chi connectivity index (χ0) is 13.0. The van der Waals surface area contributed by atoms with Gasteiger partial charge < -0.3 is 10.0 Å². The molecular weight excluding hydrogens is 231 g/mol. The van der Waals surface area contributed by atoms with E-state index in [-0.39, 0.29) is 0 Å². The first-order valence-corrected chi connectivity index (χ1v) is 6.70. The van der Waals surface area contributed by atoms with Gasteiger partial charge in [-0.1, -0.05) is 6.92 Å². The fraction of sp³-hybridized carbons (Fsp3) is 0.643. The third-order valence-corrected chi connectivity index (χ3v) is 3.72. The molecule has 4 heteroatoms. The largest absolute Gasteiger partial charge is 0.385 e. The molecule has 1 aromatic rings. The van der Waals surface area contributed by atoms with Crippen molar-refractivity contribution in [3.63, 3.8) is 0 Å². The number of aliphatic hydroxyl groups is 1. The van der Waals surface area contributed by atoms with Gasteiger partial charge in [0.1, 0.15) is 5.82 Å². The Kier molecular flexibility index (Phi) is 4.30. The van der Waals surface area contributed by atoms with Crippen LogP contribution >= 0.6 is 0 Å². The van der Waals surface area contributed by atoms with E-state index in [0.29, 0.717) is 18.4 Å². The number of pyridine rings is 1. The van der Waals surface area contributed by atoms with Crippen molar-refractivity contribution in [3.05, 3.63) is 29.8 Å². The van der Waals surface area contributed by atoms with E-state index in [2.05, 4.69) is 16.8 Å². The summed E-state index contributed by atoms with van der Waals surface area (Å²) in [5, 5.41) is 10.7. The Balaban J connectivity index is 2.14. The monoisotopic (exact) mass is 252 g/mol. The van der Waals surface area contributed by atoms with E-state index in [0.717, 1.165) is 32.5 Å². The van der Waals surface area contributed by atoms with E-state index in [1.807, 2.05) is 0 Å². The van der Waals surface area contributed by atoms with Crippen LogP contribution in [0.1, 0.15) is 38.2 Å². The summed E-state index contributed by atoms with van der Waals surface area (Å²) >= 11 is 0. The Hall–Kier alpha value is -1.00.